The van der Waals surface area contributed by atoms with E-state index in [9.17, 15) is 10.2 Å². The number of nitrogens with zero attached hydrogens (tertiary/aromatic N) is 2. The van der Waals surface area contributed by atoms with Gasteiger partial charge in [-0.3, -0.25) is 9.98 Å². The van der Waals surface area contributed by atoms with Gasteiger partial charge in [0.15, 0.2) is 0 Å². The van der Waals surface area contributed by atoms with E-state index in [1.54, 1.807) is 0 Å². The van der Waals surface area contributed by atoms with Crippen LogP contribution in [0.3, 0.4) is 0 Å². The third kappa shape index (κ3) is 9.44. The molecule has 4 nitrogen and oxygen atoms in total. The first-order chi connectivity index (χ1) is 18.6. The Morgan fingerprint density at radius 3 is 1.00 bits per heavy atom. The summed E-state index contributed by atoms with van der Waals surface area (Å²) in [7, 11) is 0. The van der Waals surface area contributed by atoms with Crippen LogP contribution >= 0.6 is 0 Å². The van der Waals surface area contributed by atoms with Gasteiger partial charge < -0.3 is 10.2 Å². The van der Waals surface area contributed by atoms with E-state index in [2.05, 4.69) is 135 Å². The zero-order valence-electron chi connectivity index (χ0n) is 29.7. The summed E-state index contributed by atoms with van der Waals surface area (Å²) in [6.45, 7) is 34.5. The lowest BCUT2D eigenvalue weighted by Gasteiger charge is -2.28. The first-order valence-electron chi connectivity index (χ1n) is 15.5. The second kappa shape index (κ2) is 11.8. The quantitative estimate of drug-likeness (QED) is 0.322. The highest BCUT2D eigenvalue weighted by atomic mass is 16.3. The summed E-state index contributed by atoms with van der Waals surface area (Å²) in [5.41, 5.74) is 4.67. The number of phenols is 2. The molecule has 0 spiro atoms. The maximum Gasteiger partial charge on any atom is 0.128 e. The third-order valence-electron chi connectivity index (χ3n) is 8.08. The predicted molar refractivity (Wildman–Crippen MR) is 184 cm³/mol. The Kier molecular flexibility index (Phi) is 10.0. The van der Waals surface area contributed by atoms with E-state index < -0.39 is 0 Å². The largest absolute Gasteiger partial charge is 0.507 e. The summed E-state index contributed by atoms with van der Waals surface area (Å²) < 4.78 is 0. The van der Waals surface area contributed by atoms with Crippen LogP contribution in [0.5, 0.6) is 11.5 Å². The lowest BCUT2D eigenvalue weighted by molar-refractivity contribution is 0.381. The zero-order valence-corrected chi connectivity index (χ0v) is 29.7. The molecule has 0 aliphatic rings. The number of phenolic OH excluding ortho intramolecular Hbond substituents is 2. The number of benzene rings is 2. The van der Waals surface area contributed by atoms with E-state index in [1.807, 2.05) is 12.4 Å². The van der Waals surface area contributed by atoms with Crippen LogP contribution in [0.15, 0.2) is 34.3 Å². The summed E-state index contributed by atoms with van der Waals surface area (Å²) in [6.07, 6.45) is 5.34. The first-order valence-corrected chi connectivity index (χ1v) is 15.5. The molecule has 42 heavy (non-hydrogen) atoms. The Balaban J connectivity index is 2.34. The SMILES string of the molecule is CC(C)(CCC(C)(C)N=Cc1cc(C(C)(C)C)cc(C(C)(C)C)c1O)N=Cc1cc(C(C)(C)C)cc(C(C)(C)C)c1O. The molecule has 0 atom stereocenters. The molecule has 2 N–H and O–H groups in total. The van der Waals surface area contributed by atoms with Crippen molar-refractivity contribution >= 4 is 12.4 Å². The topological polar surface area (TPSA) is 65.2 Å². The molecule has 0 fully saturated rings. The van der Waals surface area contributed by atoms with E-state index >= 15 is 0 Å². The minimum atomic E-state index is -0.341. The van der Waals surface area contributed by atoms with Crippen LogP contribution in [0.2, 0.25) is 0 Å². The van der Waals surface area contributed by atoms with E-state index in [0.29, 0.717) is 11.5 Å². The van der Waals surface area contributed by atoms with Crippen molar-refractivity contribution in [2.45, 2.75) is 156 Å². The normalized spacial score (nSPS) is 14.4. The fraction of sp³-hybridized carbons (Fsp3) is 0.632. The maximum atomic E-state index is 11.2. The fourth-order valence-corrected chi connectivity index (χ4v) is 4.75. The lowest BCUT2D eigenvalue weighted by Crippen LogP contribution is -2.25. The van der Waals surface area contributed by atoms with E-state index in [-0.39, 0.29) is 32.7 Å². The number of rotatable bonds is 7. The van der Waals surface area contributed by atoms with Gasteiger partial charge in [0.25, 0.3) is 0 Å². The minimum Gasteiger partial charge on any atom is -0.507 e. The lowest BCUT2D eigenvalue weighted by atomic mass is 9.79. The van der Waals surface area contributed by atoms with Gasteiger partial charge in [-0.25, -0.2) is 0 Å². The van der Waals surface area contributed by atoms with Crippen molar-refractivity contribution in [3.8, 4) is 11.5 Å². The molecule has 0 saturated heterocycles. The van der Waals surface area contributed by atoms with Gasteiger partial charge in [-0.2, -0.15) is 0 Å². The second-order valence-electron chi connectivity index (χ2n) is 17.6. The molecule has 0 heterocycles. The molecular formula is C38H60N2O2. The zero-order chi connectivity index (χ0) is 32.7. The van der Waals surface area contributed by atoms with E-state index in [4.69, 9.17) is 9.98 Å². The molecule has 0 saturated carbocycles. The predicted octanol–water partition coefficient (Wildman–Crippen LogP) is 10.2. The van der Waals surface area contributed by atoms with Gasteiger partial charge in [0, 0.05) is 34.7 Å². The van der Waals surface area contributed by atoms with Crippen molar-refractivity contribution in [2.75, 3.05) is 0 Å². The van der Waals surface area contributed by atoms with Crippen molar-refractivity contribution in [2.24, 2.45) is 9.98 Å². The summed E-state index contributed by atoms with van der Waals surface area (Å²) in [4.78, 5) is 9.94. The highest BCUT2D eigenvalue weighted by molar-refractivity contribution is 5.86. The van der Waals surface area contributed by atoms with E-state index in [0.717, 1.165) is 35.1 Å². The standard InChI is InChI=1S/C38H60N2O2/c1-33(2,3)27-19-25(31(41)29(21-27)35(7,8)9)23-39-37(13,14)17-18-38(15,16)40-24-26-20-28(34(4,5)6)22-30(32(26)42)36(10,11)12/h19-24,41-42H,17-18H2,1-16H3. The molecule has 4 heteroatoms. The Morgan fingerprint density at radius 2 is 0.762 bits per heavy atom. The number of hydrogen-bond acceptors (Lipinski definition) is 4. The minimum absolute atomic E-state index is 0.0394. The summed E-state index contributed by atoms with van der Waals surface area (Å²) >= 11 is 0. The van der Waals surface area contributed by atoms with Crippen LogP contribution in [0, 0.1) is 0 Å². The van der Waals surface area contributed by atoms with Gasteiger partial charge in [0.2, 0.25) is 0 Å². The molecule has 2 aromatic rings. The number of hydrogen-bond donors (Lipinski definition) is 2. The maximum absolute atomic E-state index is 11.2. The fourth-order valence-electron chi connectivity index (χ4n) is 4.75. The van der Waals surface area contributed by atoms with Gasteiger partial charge in [-0.05, 0) is 85.5 Å². The van der Waals surface area contributed by atoms with Crippen LogP contribution < -0.4 is 0 Å². The Bertz CT molecular complexity index is 1210. The summed E-state index contributed by atoms with van der Waals surface area (Å²) in [5.74, 6) is 0.624. The summed E-state index contributed by atoms with van der Waals surface area (Å²) in [5, 5.41) is 22.4. The van der Waals surface area contributed by atoms with Gasteiger partial charge in [-0.15, -0.1) is 0 Å². The Labute approximate surface area is 257 Å². The molecule has 0 radical (unpaired) electrons. The van der Waals surface area contributed by atoms with Crippen molar-refractivity contribution < 1.29 is 10.2 Å². The smallest absolute Gasteiger partial charge is 0.128 e. The van der Waals surface area contributed by atoms with Crippen molar-refractivity contribution in [3.63, 3.8) is 0 Å². The van der Waals surface area contributed by atoms with Gasteiger partial charge in [0.05, 0.1) is 11.1 Å². The van der Waals surface area contributed by atoms with Gasteiger partial charge in [0.1, 0.15) is 11.5 Å². The second-order valence-corrected chi connectivity index (χ2v) is 17.6. The van der Waals surface area contributed by atoms with Crippen LogP contribution in [0.1, 0.15) is 157 Å². The molecule has 0 aliphatic carbocycles. The average Bonchev–Trinajstić information content (AvgIpc) is 2.78. The average molecular weight is 577 g/mol. The molecule has 0 bridgehead atoms. The molecule has 0 aliphatic heterocycles. The van der Waals surface area contributed by atoms with Crippen molar-refractivity contribution in [3.05, 3.63) is 57.6 Å². The Hall–Kier alpha value is -2.62. The highest BCUT2D eigenvalue weighted by Gasteiger charge is 2.28. The van der Waals surface area contributed by atoms with Crippen LogP contribution in [-0.4, -0.2) is 33.7 Å². The van der Waals surface area contributed by atoms with Crippen molar-refractivity contribution in [1.29, 1.82) is 0 Å². The first kappa shape index (κ1) is 35.6. The van der Waals surface area contributed by atoms with Crippen LogP contribution in [0.25, 0.3) is 0 Å². The Morgan fingerprint density at radius 1 is 0.476 bits per heavy atom. The molecule has 0 aromatic heterocycles. The van der Waals surface area contributed by atoms with E-state index in [1.165, 1.54) is 11.1 Å². The molecule has 0 amide bonds. The van der Waals surface area contributed by atoms with Crippen LogP contribution in [-0.2, 0) is 21.7 Å². The van der Waals surface area contributed by atoms with Gasteiger partial charge >= 0.3 is 0 Å². The number of aromatic hydroxyl groups is 2. The molecule has 0 unspecified atom stereocenters. The molecule has 234 valence electrons. The molecule has 2 rings (SSSR count). The summed E-state index contributed by atoms with van der Waals surface area (Å²) in [6, 6.07) is 8.42. The van der Waals surface area contributed by atoms with Crippen LogP contribution in [0.4, 0.5) is 0 Å². The third-order valence-corrected chi connectivity index (χ3v) is 8.08. The monoisotopic (exact) mass is 576 g/mol. The number of aliphatic imine (C=N–C) groups is 2. The highest BCUT2D eigenvalue weighted by Crippen LogP contribution is 2.39. The molecule has 2 aromatic carbocycles. The van der Waals surface area contributed by atoms with Gasteiger partial charge in [-0.1, -0.05) is 95.2 Å². The molecular weight excluding hydrogens is 516 g/mol. The van der Waals surface area contributed by atoms with Crippen molar-refractivity contribution in [1.82, 2.24) is 0 Å².